The molecule has 4 rings (SSSR count). The molecule has 5 N–H and O–H groups in total. The summed E-state index contributed by atoms with van der Waals surface area (Å²) >= 11 is 0. The Hall–Kier alpha value is -3.12. The van der Waals surface area contributed by atoms with Crippen molar-refractivity contribution in [2.45, 2.75) is 31.0 Å². The number of fused-ring (bicyclic) bond motifs is 1. The number of anilines is 1. The lowest BCUT2D eigenvalue weighted by Gasteiger charge is -2.17. The number of carbonyl (C=O) groups excluding carboxylic acids is 1. The standard InChI is InChI=1S/C19H19FN4O6/c20-11-7-24(18-16(28)15(27)13(8-25)30-18)19(29)23-17(11)22-14(26)6-10-5-9-3-1-2-4-12(9)21-10/h1-5,7,13,15-16,18,21,25,27-28H,6,8H2,(H,22,23,26,29)/t13-,15-,16-,18?/m1/s1. The van der Waals surface area contributed by atoms with E-state index in [1.54, 1.807) is 6.07 Å². The Morgan fingerprint density at radius 2 is 2.07 bits per heavy atom. The normalized spacial score (nSPS) is 23.7. The smallest absolute Gasteiger partial charge is 0.351 e. The molecule has 1 fully saturated rings. The van der Waals surface area contributed by atoms with Crippen LogP contribution in [0.3, 0.4) is 0 Å². The van der Waals surface area contributed by atoms with Crippen LogP contribution in [0.15, 0.2) is 41.3 Å². The third kappa shape index (κ3) is 3.71. The van der Waals surface area contributed by atoms with Crippen molar-refractivity contribution in [2.24, 2.45) is 0 Å². The Morgan fingerprint density at radius 1 is 1.30 bits per heavy atom. The van der Waals surface area contributed by atoms with Crippen LogP contribution in [-0.2, 0) is 16.0 Å². The van der Waals surface area contributed by atoms with E-state index in [0.717, 1.165) is 10.9 Å². The number of para-hydroxylation sites is 1. The molecule has 3 heterocycles. The van der Waals surface area contributed by atoms with Crippen LogP contribution in [0.4, 0.5) is 10.2 Å². The summed E-state index contributed by atoms with van der Waals surface area (Å²) in [4.78, 5) is 31.1. The van der Waals surface area contributed by atoms with Gasteiger partial charge in [-0.05, 0) is 17.5 Å². The molecule has 10 nitrogen and oxygen atoms in total. The number of aliphatic hydroxyl groups is 3. The van der Waals surface area contributed by atoms with Gasteiger partial charge in [0.2, 0.25) is 5.91 Å². The molecular formula is C19H19FN4O6. The van der Waals surface area contributed by atoms with E-state index in [9.17, 15) is 24.2 Å². The molecule has 0 spiro atoms. The highest BCUT2D eigenvalue weighted by Gasteiger charge is 2.44. The molecule has 1 saturated heterocycles. The summed E-state index contributed by atoms with van der Waals surface area (Å²) in [6.45, 7) is -0.596. The van der Waals surface area contributed by atoms with Gasteiger partial charge in [0.1, 0.15) is 18.3 Å². The van der Waals surface area contributed by atoms with Crippen LogP contribution in [-0.4, -0.2) is 60.7 Å². The molecule has 0 aliphatic carbocycles. The number of H-pyrrole nitrogens is 1. The maximum absolute atomic E-state index is 14.5. The van der Waals surface area contributed by atoms with Crippen LogP contribution in [0.1, 0.15) is 11.9 Å². The molecule has 4 atom stereocenters. The van der Waals surface area contributed by atoms with Gasteiger partial charge in [-0.15, -0.1) is 0 Å². The van der Waals surface area contributed by atoms with Crippen LogP contribution in [0.5, 0.6) is 0 Å². The predicted molar refractivity (Wildman–Crippen MR) is 102 cm³/mol. The first-order valence-electron chi connectivity index (χ1n) is 9.15. The summed E-state index contributed by atoms with van der Waals surface area (Å²) in [6.07, 6.45) is -4.95. The maximum Gasteiger partial charge on any atom is 0.351 e. The summed E-state index contributed by atoms with van der Waals surface area (Å²) in [7, 11) is 0. The number of hydrogen-bond acceptors (Lipinski definition) is 7. The Kier molecular flexibility index (Phi) is 5.35. The molecule has 158 valence electrons. The van der Waals surface area contributed by atoms with E-state index in [1.165, 1.54) is 0 Å². The fourth-order valence-corrected chi connectivity index (χ4v) is 3.40. The van der Waals surface area contributed by atoms with Gasteiger partial charge in [-0.1, -0.05) is 18.2 Å². The third-order valence-electron chi connectivity index (χ3n) is 4.89. The molecule has 30 heavy (non-hydrogen) atoms. The number of nitrogens with one attached hydrogen (secondary N) is 2. The number of rotatable bonds is 5. The highest BCUT2D eigenvalue weighted by Crippen LogP contribution is 2.28. The Labute approximate surface area is 168 Å². The summed E-state index contributed by atoms with van der Waals surface area (Å²) in [5.41, 5.74) is 0.451. The van der Waals surface area contributed by atoms with E-state index >= 15 is 0 Å². The summed E-state index contributed by atoms with van der Waals surface area (Å²) in [5, 5.41) is 32.1. The van der Waals surface area contributed by atoms with Crippen molar-refractivity contribution in [3.05, 3.63) is 58.5 Å². The first-order chi connectivity index (χ1) is 14.4. The zero-order valence-electron chi connectivity index (χ0n) is 15.5. The van der Waals surface area contributed by atoms with Crippen LogP contribution in [0.2, 0.25) is 0 Å². The number of nitrogens with zero attached hydrogens (tertiary/aromatic N) is 2. The van der Waals surface area contributed by atoms with Gasteiger partial charge in [0.05, 0.1) is 19.2 Å². The second-order valence-corrected chi connectivity index (χ2v) is 6.96. The molecule has 0 radical (unpaired) electrons. The lowest BCUT2D eigenvalue weighted by molar-refractivity contribution is -0.115. The van der Waals surface area contributed by atoms with E-state index in [2.05, 4.69) is 15.3 Å². The summed E-state index contributed by atoms with van der Waals surface area (Å²) in [6, 6.07) is 9.24. The van der Waals surface area contributed by atoms with E-state index < -0.39 is 54.4 Å². The predicted octanol–water partition coefficient (Wildman–Crippen LogP) is -0.344. The molecule has 0 bridgehead atoms. The van der Waals surface area contributed by atoms with E-state index in [0.29, 0.717) is 16.5 Å². The second-order valence-electron chi connectivity index (χ2n) is 6.96. The van der Waals surface area contributed by atoms with Crippen molar-refractivity contribution >= 4 is 22.6 Å². The zero-order chi connectivity index (χ0) is 21.4. The monoisotopic (exact) mass is 418 g/mol. The largest absolute Gasteiger partial charge is 0.394 e. The van der Waals surface area contributed by atoms with Crippen LogP contribution >= 0.6 is 0 Å². The van der Waals surface area contributed by atoms with Gasteiger partial charge in [-0.3, -0.25) is 9.36 Å². The number of carbonyl (C=O) groups is 1. The number of ether oxygens (including phenoxy) is 1. The summed E-state index contributed by atoms with van der Waals surface area (Å²) < 4.78 is 20.3. The number of aliphatic hydroxyl groups excluding tert-OH is 3. The van der Waals surface area contributed by atoms with Gasteiger partial charge in [0, 0.05) is 11.2 Å². The number of halogens is 1. The number of aromatic nitrogens is 3. The van der Waals surface area contributed by atoms with Crippen molar-refractivity contribution in [3.63, 3.8) is 0 Å². The number of aromatic amines is 1. The van der Waals surface area contributed by atoms with Crippen LogP contribution in [0, 0.1) is 5.82 Å². The highest BCUT2D eigenvalue weighted by molar-refractivity contribution is 5.92. The molecule has 1 unspecified atom stereocenters. The first kappa shape index (κ1) is 20.2. The lowest BCUT2D eigenvalue weighted by atomic mass is 10.1. The Bertz CT molecular complexity index is 1110. The highest BCUT2D eigenvalue weighted by atomic mass is 19.1. The van der Waals surface area contributed by atoms with Gasteiger partial charge in [-0.2, -0.15) is 4.98 Å². The lowest BCUT2D eigenvalue weighted by Crippen LogP contribution is -2.36. The van der Waals surface area contributed by atoms with Gasteiger partial charge >= 0.3 is 5.69 Å². The van der Waals surface area contributed by atoms with Crippen molar-refractivity contribution in [2.75, 3.05) is 11.9 Å². The minimum absolute atomic E-state index is 0.0896. The minimum atomic E-state index is -1.57. The van der Waals surface area contributed by atoms with Gasteiger partial charge in [0.25, 0.3) is 0 Å². The SMILES string of the molecule is O=C(Cc1cc2ccccc2[nH]1)Nc1nc(=O)n(C2O[C@H](CO)[C@@H](O)[C@H]2O)cc1F. The van der Waals surface area contributed by atoms with Crippen LogP contribution in [0.25, 0.3) is 10.9 Å². The minimum Gasteiger partial charge on any atom is -0.394 e. The molecule has 1 aliphatic rings. The van der Waals surface area contributed by atoms with Crippen molar-refractivity contribution < 1.29 is 29.2 Å². The topological polar surface area (TPSA) is 150 Å². The molecule has 3 aromatic rings. The first-order valence-corrected chi connectivity index (χ1v) is 9.15. The molecule has 1 amide bonds. The van der Waals surface area contributed by atoms with Crippen molar-refractivity contribution in [1.29, 1.82) is 0 Å². The average Bonchev–Trinajstić information content (AvgIpc) is 3.25. The number of amides is 1. The fraction of sp³-hybridized carbons (Fsp3) is 0.316. The van der Waals surface area contributed by atoms with E-state index in [4.69, 9.17) is 9.84 Å². The van der Waals surface area contributed by atoms with Crippen molar-refractivity contribution in [3.8, 4) is 0 Å². The van der Waals surface area contributed by atoms with Crippen LogP contribution < -0.4 is 11.0 Å². The second kappa shape index (κ2) is 7.95. The van der Waals surface area contributed by atoms with Gasteiger partial charge in [-0.25, -0.2) is 9.18 Å². The molecular weight excluding hydrogens is 399 g/mol. The molecule has 2 aromatic heterocycles. The summed E-state index contributed by atoms with van der Waals surface area (Å²) in [5.74, 6) is -2.18. The molecule has 1 aliphatic heterocycles. The van der Waals surface area contributed by atoms with Gasteiger partial charge < -0.3 is 30.4 Å². The number of hydrogen-bond donors (Lipinski definition) is 5. The maximum atomic E-state index is 14.5. The third-order valence-corrected chi connectivity index (χ3v) is 4.89. The van der Waals surface area contributed by atoms with Crippen molar-refractivity contribution in [1.82, 2.24) is 14.5 Å². The molecule has 0 saturated carbocycles. The number of benzene rings is 1. The molecule has 1 aromatic carbocycles. The van der Waals surface area contributed by atoms with Gasteiger partial charge in [0.15, 0.2) is 17.9 Å². The van der Waals surface area contributed by atoms with E-state index in [-0.39, 0.29) is 6.42 Å². The molecule has 11 heteroatoms. The zero-order valence-corrected chi connectivity index (χ0v) is 15.5. The average molecular weight is 418 g/mol. The fourth-order valence-electron chi connectivity index (χ4n) is 3.40. The van der Waals surface area contributed by atoms with E-state index in [1.807, 2.05) is 24.3 Å². The Balaban J connectivity index is 1.50. The quantitative estimate of drug-likeness (QED) is 0.380. The Morgan fingerprint density at radius 3 is 2.77 bits per heavy atom.